The van der Waals surface area contributed by atoms with Crippen LogP contribution in [0.25, 0.3) is 5.76 Å². The Hall–Kier alpha value is -2.50. The number of nitrogens with zero attached hydrogens (tertiary/aromatic N) is 1. The molecule has 5 heteroatoms. The van der Waals surface area contributed by atoms with Crippen molar-refractivity contribution in [2.75, 3.05) is 40.7 Å². The van der Waals surface area contributed by atoms with Gasteiger partial charge < -0.3 is 18.9 Å². The van der Waals surface area contributed by atoms with E-state index in [-0.39, 0.29) is 0 Å². The molecule has 1 aliphatic heterocycles. The Morgan fingerprint density at radius 2 is 1.43 bits per heavy atom. The number of ether oxygens (including phenoxy) is 4. The lowest BCUT2D eigenvalue weighted by Crippen LogP contribution is -2.33. The number of hydrogen-bond donors (Lipinski definition) is 0. The summed E-state index contributed by atoms with van der Waals surface area (Å²) >= 11 is 0. The molecule has 2 aromatic carbocycles. The fourth-order valence-corrected chi connectivity index (χ4v) is 6.51. The van der Waals surface area contributed by atoms with Crippen LogP contribution in [0.15, 0.2) is 48.0 Å². The molecule has 1 heterocycles. The second kappa shape index (κ2) is 18.2. The molecule has 2 aromatic rings. The van der Waals surface area contributed by atoms with Crippen molar-refractivity contribution in [1.82, 2.24) is 4.90 Å². The quantitative estimate of drug-likeness (QED) is 0.116. The molecule has 1 aliphatic carbocycles. The number of rotatable bonds is 20. The van der Waals surface area contributed by atoms with Gasteiger partial charge in [0.1, 0.15) is 5.76 Å². The van der Waals surface area contributed by atoms with Crippen LogP contribution in [0, 0.1) is 5.92 Å². The van der Waals surface area contributed by atoms with Gasteiger partial charge >= 0.3 is 0 Å². The minimum absolute atomic E-state index is 0.305. The van der Waals surface area contributed by atoms with Crippen LogP contribution in [-0.4, -0.2) is 45.6 Å². The Kier molecular flexibility index (Phi) is 14.1. The third-order valence-electron chi connectivity index (χ3n) is 9.00. The van der Waals surface area contributed by atoms with Gasteiger partial charge in [0.2, 0.25) is 0 Å². The Morgan fingerprint density at radius 1 is 0.786 bits per heavy atom. The van der Waals surface area contributed by atoms with Gasteiger partial charge in [0.25, 0.3) is 0 Å². The second-order valence-corrected chi connectivity index (χ2v) is 12.2. The molecule has 0 atom stereocenters. The number of unbranched alkanes of at least 4 members (excludes halogenated alkanes) is 9. The zero-order chi connectivity index (χ0) is 29.4. The summed E-state index contributed by atoms with van der Waals surface area (Å²) < 4.78 is 23.6. The Labute approximate surface area is 255 Å². The van der Waals surface area contributed by atoms with Crippen molar-refractivity contribution in [2.24, 2.45) is 5.92 Å². The number of allylic oxidation sites excluding steroid dienone is 1. The highest BCUT2D eigenvalue weighted by Crippen LogP contribution is 2.43. The van der Waals surface area contributed by atoms with Crippen LogP contribution in [0.3, 0.4) is 0 Å². The predicted molar refractivity (Wildman–Crippen MR) is 173 cm³/mol. The van der Waals surface area contributed by atoms with Crippen molar-refractivity contribution in [3.63, 3.8) is 0 Å². The highest BCUT2D eigenvalue weighted by atomic mass is 16.7. The van der Waals surface area contributed by atoms with E-state index < -0.39 is 0 Å². The standard InChI is InChI=1S/C37H55NO4/c1-4-5-6-7-8-9-10-11-12-16-23-41-29-42-37-33(25-32-26-35(39-2)36(40-3)27-34(32)37)24-30-19-21-38(22-20-30)28-31-17-14-13-15-18-31/h13-15,17-18,26-27,30H,4-12,16,19-25,28-29H2,1-3H3. The summed E-state index contributed by atoms with van der Waals surface area (Å²) in [5.74, 6) is 3.21. The average molecular weight is 578 g/mol. The first-order chi connectivity index (χ1) is 20.7. The maximum absolute atomic E-state index is 6.40. The zero-order valence-corrected chi connectivity index (χ0v) is 26.6. The second-order valence-electron chi connectivity index (χ2n) is 12.2. The first kappa shape index (κ1) is 32.4. The van der Waals surface area contributed by atoms with E-state index in [1.165, 1.54) is 87.3 Å². The smallest absolute Gasteiger partial charge is 0.189 e. The van der Waals surface area contributed by atoms with Crippen molar-refractivity contribution in [3.05, 3.63) is 64.7 Å². The molecule has 4 rings (SSSR count). The zero-order valence-electron chi connectivity index (χ0n) is 26.6. The van der Waals surface area contributed by atoms with Crippen molar-refractivity contribution in [3.8, 4) is 11.5 Å². The van der Waals surface area contributed by atoms with Crippen LogP contribution in [0.2, 0.25) is 0 Å². The molecule has 0 spiro atoms. The molecule has 5 nitrogen and oxygen atoms in total. The fourth-order valence-electron chi connectivity index (χ4n) is 6.51. The van der Waals surface area contributed by atoms with Gasteiger partial charge in [-0.1, -0.05) is 95.0 Å². The molecule has 2 aliphatic rings. The molecule has 0 bridgehead atoms. The lowest BCUT2D eigenvalue weighted by atomic mass is 9.89. The van der Waals surface area contributed by atoms with Gasteiger partial charge in [0, 0.05) is 12.1 Å². The highest BCUT2D eigenvalue weighted by Gasteiger charge is 2.29. The van der Waals surface area contributed by atoms with E-state index in [0.29, 0.717) is 12.7 Å². The van der Waals surface area contributed by atoms with Crippen LogP contribution in [-0.2, 0) is 22.4 Å². The van der Waals surface area contributed by atoms with E-state index in [9.17, 15) is 0 Å². The SMILES string of the molecule is CCCCCCCCCCCCOCOC1=C(CC2CCN(Cc3ccccc3)CC2)Cc2cc(OC)c(OC)cc21. The third-order valence-corrected chi connectivity index (χ3v) is 9.00. The molecular weight excluding hydrogens is 522 g/mol. The Balaban J connectivity index is 1.25. The van der Waals surface area contributed by atoms with Crippen LogP contribution < -0.4 is 9.47 Å². The van der Waals surface area contributed by atoms with Gasteiger partial charge in [-0.3, -0.25) is 4.90 Å². The summed E-state index contributed by atoms with van der Waals surface area (Å²) in [4.78, 5) is 2.60. The van der Waals surface area contributed by atoms with E-state index in [4.69, 9.17) is 18.9 Å². The molecule has 0 unspecified atom stereocenters. The Bertz CT molecular complexity index is 1070. The van der Waals surface area contributed by atoms with Gasteiger partial charge in [-0.2, -0.15) is 0 Å². The van der Waals surface area contributed by atoms with E-state index in [1.54, 1.807) is 14.2 Å². The lowest BCUT2D eigenvalue weighted by Gasteiger charge is -2.32. The van der Waals surface area contributed by atoms with Crippen molar-refractivity contribution >= 4 is 5.76 Å². The summed E-state index contributed by atoms with van der Waals surface area (Å²) in [6.07, 6.45) is 17.7. The topological polar surface area (TPSA) is 40.2 Å². The first-order valence-corrected chi connectivity index (χ1v) is 16.7. The van der Waals surface area contributed by atoms with Gasteiger partial charge in [0.15, 0.2) is 18.3 Å². The lowest BCUT2D eigenvalue weighted by molar-refractivity contribution is -0.00331. The van der Waals surface area contributed by atoms with E-state index >= 15 is 0 Å². The first-order valence-electron chi connectivity index (χ1n) is 16.7. The highest BCUT2D eigenvalue weighted by molar-refractivity contribution is 5.74. The van der Waals surface area contributed by atoms with Crippen molar-refractivity contribution < 1.29 is 18.9 Å². The third kappa shape index (κ3) is 10.1. The minimum Gasteiger partial charge on any atom is -0.493 e. The molecule has 0 radical (unpaired) electrons. The number of methoxy groups -OCH3 is 2. The number of benzene rings is 2. The average Bonchev–Trinajstić information content (AvgIpc) is 3.35. The number of likely N-dealkylation sites (tertiary alicyclic amines) is 1. The summed E-state index contributed by atoms with van der Waals surface area (Å²) in [5, 5.41) is 0. The van der Waals surface area contributed by atoms with Gasteiger partial charge in [-0.15, -0.1) is 0 Å². The van der Waals surface area contributed by atoms with Crippen LogP contribution >= 0.6 is 0 Å². The van der Waals surface area contributed by atoms with Crippen molar-refractivity contribution in [1.29, 1.82) is 0 Å². The van der Waals surface area contributed by atoms with E-state index in [0.717, 1.165) is 68.3 Å². The van der Waals surface area contributed by atoms with E-state index in [1.807, 2.05) is 0 Å². The van der Waals surface area contributed by atoms with Gasteiger partial charge in [-0.05, 0) is 79.9 Å². The van der Waals surface area contributed by atoms with Crippen LogP contribution in [0.1, 0.15) is 107 Å². The minimum atomic E-state index is 0.305. The van der Waals surface area contributed by atoms with Gasteiger partial charge in [-0.25, -0.2) is 0 Å². The number of hydrogen-bond acceptors (Lipinski definition) is 5. The number of fused-ring (bicyclic) bond motifs is 1. The Morgan fingerprint density at radius 3 is 2.10 bits per heavy atom. The molecule has 232 valence electrons. The fraction of sp³-hybridized carbons (Fsp3) is 0.622. The molecular formula is C37H55NO4. The molecule has 1 saturated heterocycles. The summed E-state index contributed by atoms with van der Waals surface area (Å²) in [6, 6.07) is 15.0. The van der Waals surface area contributed by atoms with Crippen molar-refractivity contribution in [2.45, 2.75) is 103 Å². The van der Waals surface area contributed by atoms with E-state index in [2.05, 4.69) is 54.3 Å². The molecule has 0 aromatic heterocycles. The molecule has 0 amide bonds. The summed E-state index contributed by atoms with van der Waals surface area (Å²) in [5.41, 5.74) is 5.19. The predicted octanol–water partition coefficient (Wildman–Crippen LogP) is 9.18. The normalized spacial score (nSPS) is 15.7. The summed E-state index contributed by atoms with van der Waals surface area (Å²) in [7, 11) is 3.40. The van der Waals surface area contributed by atoms with Gasteiger partial charge in [0.05, 0.1) is 20.8 Å². The summed E-state index contributed by atoms with van der Waals surface area (Å²) in [6.45, 7) is 6.70. The largest absolute Gasteiger partial charge is 0.493 e. The molecule has 1 fully saturated rings. The van der Waals surface area contributed by atoms with Crippen LogP contribution in [0.5, 0.6) is 11.5 Å². The van der Waals surface area contributed by atoms with Crippen LogP contribution in [0.4, 0.5) is 0 Å². The monoisotopic (exact) mass is 577 g/mol. The molecule has 0 saturated carbocycles. The maximum atomic E-state index is 6.40. The molecule has 0 N–H and O–H groups in total. The molecule has 42 heavy (non-hydrogen) atoms. The maximum Gasteiger partial charge on any atom is 0.189 e. The number of piperidine rings is 1.